The van der Waals surface area contributed by atoms with Crippen molar-refractivity contribution in [2.75, 3.05) is 14.2 Å². The molecule has 48 heavy (non-hydrogen) atoms. The number of rotatable bonds is 10. The molecule has 0 saturated heterocycles. The van der Waals surface area contributed by atoms with Crippen LogP contribution in [0.3, 0.4) is 0 Å². The van der Waals surface area contributed by atoms with Gasteiger partial charge in [0.25, 0.3) is 0 Å². The lowest BCUT2D eigenvalue weighted by Gasteiger charge is -2.28. The molecule has 0 bridgehead atoms. The van der Waals surface area contributed by atoms with Gasteiger partial charge in [-0.1, -0.05) is 19.1 Å². The zero-order chi connectivity index (χ0) is 33.9. The monoisotopic (exact) mass is 695 g/mol. The maximum Gasteiger partial charge on any atom is 0.309 e. The Morgan fingerprint density at radius 1 is 0.812 bits per heavy atom. The van der Waals surface area contributed by atoms with Crippen LogP contribution in [0.2, 0.25) is 0 Å². The van der Waals surface area contributed by atoms with Crippen LogP contribution in [0.25, 0.3) is 31.3 Å². The molecule has 2 fully saturated rings. The van der Waals surface area contributed by atoms with E-state index in [1.807, 2.05) is 43.5 Å². The average Bonchev–Trinajstić information content (AvgIpc) is 3.85. The topological polar surface area (TPSA) is 131 Å². The smallest absolute Gasteiger partial charge is 0.309 e. The molecule has 0 amide bonds. The first-order chi connectivity index (χ1) is 23.2. The summed E-state index contributed by atoms with van der Waals surface area (Å²) in [6.45, 7) is 3.82. The fourth-order valence-corrected chi connectivity index (χ4v) is 8.85. The minimum absolute atomic E-state index is 0.174. The Labute approximate surface area is 287 Å². The second-order valence-corrected chi connectivity index (χ2v) is 14.7. The van der Waals surface area contributed by atoms with Gasteiger partial charge in [-0.2, -0.15) is 0 Å². The number of furan rings is 1. The number of carbonyl (C=O) groups excluding carboxylic acids is 4. The number of nitrogens with zero attached hydrogens (tertiary/aromatic N) is 1. The lowest BCUT2D eigenvalue weighted by atomic mass is 9.82. The number of benzene rings is 1. The van der Waals surface area contributed by atoms with E-state index in [-0.39, 0.29) is 47.5 Å². The molecule has 1 aromatic carbocycles. The zero-order valence-electron chi connectivity index (χ0n) is 27.7. The number of methoxy groups -OCH3 is 2. The highest BCUT2D eigenvalue weighted by Gasteiger charge is 2.35. The molecule has 0 spiro atoms. The van der Waals surface area contributed by atoms with Gasteiger partial charge in [0.05, 0.1) is 52.8 Å². The van der Waals surface area contributed by atoms with E-state index >= 15 is 0 Å². The number of carbonyl (C=O) groups is 4. The molecule has 10 nitrogen and oxygen atoms in total. The molecule has 4 aromatic rings. The Morgan fingerprint density at radius 2 is 1.35 bits per heavy atom. The molecular formula is C36H41NO9S2. The van der Waals surface area contributed by atoms with Crippen LogP contribution in [-0.4, -0.2) is 43.1 Å². The van der Waals surface area contributed by atoms with E-state index in [0.29, 0.717) is 74.1 Å². The molecule has 256 valence electrons. The summed E-state index contributed by atoms with van der Waals surface area (Å²) in [5.74, 6) is -1.25. The molecule has 2 aliphatic carbocycles. The van der Waals surface area contributed by atoms with E-state index in [1.165, 1.54) is 25.6 Å². The Hall–Kier alpha value is -3.77. The van der Waals surface area contributed by atoms with Crippen LogP contribution >= 0.6 is 22.7 Å². The van der Waals surface area contributed by atoms with Gasteiger partial charge in [-0.3, -0.25) is 19.2 Å². The number of ether oxygens (including phenoxy) is 4. The van der Waals surface area contributed by atoms with Gasteiger partial charge in [0.2, 0.25) is 0 Å². The van der Waals surface area contributed by atoms with E-state index in [0.717, 1.165) is 26.1 Å². The fraction of sp³-hybridized carbons (Fsp3) is 0.528. The molecule has 3 heterocycles. The van der Waals surface area contributed by atoms with E-state index in [4.69, 9.17) is 28.3 Å². The molecule has 0 N–H and O–H groups in total. The second kappa shape index (κ2) is 14.8. The number of fused-ring (bicyclic) bond motifs is 2. The predicted octanol–water partition coefficient (Wildman–Crippen LogP) is 8.33. The molecule has 2 atom stereocenters. The Bertz CT molecular complexity index is 1760. The first-order valence-corrected chi connectivity index (χ1v) is 18.4. The third-order valence-corrected chi connectivity index (χ3v) is 11.8. The minimum Gasteiger partial charge on any atom is -0.469 e. The summed E-state index contributed by atoms with van der Waals surface area (Å²) in [4.78, 5) is 55.6. The first-order valence-electron chi connectivity index (χ1n) is 16.7. The first kappa shape index (κ1) is 34.1. The molecule has 2 unspecified atom stereocenters. The number of aromatic nitrogens is 1. The van der Waals surface area contributed by atoms with Crippen molar-refractivity contribution in [2.45, 2.75) is 83.8 Å². The van der Waals surface area contributed by atoms with Crippen molar-refractivity contribution in [3.8, 4) is 10.8 Å². The van der Waals surface area contributed by atoms with Gasteiger partial charge in [0.15, 0.2) is 10.8 Å². The summed E-state index contributed by atoms with van der Waals surface area (Å²) >= 11 is 3.06. The Morgan fingerprint density at radius 3 is 1.90 bits per heavy atom. The quantitative estimate of drug-likeness (QED) is 0.118. The van der Waals surface area contributed by atoms with E-state index < -0.39 is 12.2 Å². The lowest BCUT2D eigenvalue weighted by molar-refractivity contribution is -0.158. The third kappa shape index (κ3) is 7.01. The van der Waals surface area contributed by atoms with Crippen molar-refractivity contribution in [3.63, 3.8) is 0 Å². The van der Waals surface area contributed by atoms with Gasteiger partial charge in [0, 0.05) is 17.2 Å². The lowest BCUT2D eigenvalue weighted by Crippen LogP contribution is -2.28. The Kier molecular flexibility index (Phi) is 10.5. The number of thiazole rings is 1. The second-order valence-electron chi connectivity index (χ2n) is 12.8. The van der Waals surface area contributed by atoms with Crippen molar-refractivity contribution in [3.05, 3.63) is 40.8 Å². The number of thiophene rings is 1. The van der Waals surface area contributed by atoms with Gasteiger partial charge in [-0.25, -0.2) is 4.98 Å². The summed E-state index contributed by atoms with van der Waals surface area (Å²) < 4.78 is 30.0. The maximum atomic E-state index is 13.4. The van der Waals surface area contributed by atoms with Crippen LogP contribution < -0.4 is 0 Å². The zero-order valence-corrected chi connectivity index (χ0v) is 29.3. The van der Waals surface area contributed by atoms with E-state index in [1.54, 1.807) is 11.3 Å². The number of hydrogen-bond donors (Lipinski definition) is 0. The molecule has 12 heteroatoms. The summed E-state index contributed by atoms with van der Waals surface area (Å²) in [5, 5.41) is 2.66. The van der Waals surface area contributed by atoms with Crippen LogP contribution in [0.1, 0.15) is 95.0 Å². The van der Waals surface area contributed by atoms with Gasteiger partial charge in [-0.15, -0.1) is 22.7 Å². The third-order valence-electron chi connectivity index (χ3n) is 9.85. The fourth-order valence-electron chi connectivity index (χ4n) is 7.00. The summed E-state index contributed by atoms with van der Waals surface area (Å²) in [5.41, 5.74) is 3.06. The van der Waals surface area contributed by atoms with Crippen LogP contribution in [0, 0.1) is 23.7 Å². The highest BCUT2D eigenvalue weighted by molar-refractivity contribution is 7.22. The minimum atomic E-state index is -0.588. The normalized spacial score (nSPS) is 22.6. The standard InChI is InChI=1S/C36H41NO9S2/c1-5-26(46-36(41)23-12-8-21(9-13-23)34(39)43-4)25-15-14-24(19(2)44-35(40)22-10-6-20(7-11-22)33(38)42-3)30-31(25)48-32(37-30)28-18-29-27(45-28)16-17-47-29/h14-23,26H,5-13H2,1-4H3. The van der Waals surface area contributed by atoms with Gasteiger partial charge in [-0.05, 0) is 76.2 Å². The summed E-state index contributed by atoms with van der Waals surface area (Å²) in [6, 6.07) is 7.76. The van der Waals surface area contributed by atoms with Crippen LogP contribution in [0.5, 0.6) is 0 Å². The van der Waals surface area contributed by atoms with E-state index in [9.17, 15) is 19.2 Å². The highest BCUT2D eigenvalue weighted by Crippen LogP contribution is 2.43. The molecule has 3 aromatic heterocycles. The summed E-state index contributed by atoms with van der Waals surface area (Å²) in [7, 11) is 2.78. The van der Waals surface area contributed by atoms with Gasteiger partial charge in [0.1, 0.15) is 17.8 Å². The molecule has 6 rings (SSSR count). The predicted molar refractivity (Wildman–Crippen MR) is 181 cm³/mol. The van der Waals surface area contributed by atoms with E-state index in [2.05, 4.69) is 0 Å². The van der Waals surface area contributed by atoms with Crippen molar-refractivity contribution in [1.82, 2.24) is 4.98 Å². The molecule has 0 radical (unpaired) electrons. The van der Waals surface area contributed by atoms with Crippen molar-refractivity contribution in [2.24, 2.45) is 23.7 Å². The molecular weight excluding hydrogens is 655 g/mol. The van der Waals surface area contributed by atoms with Crippen molar-refractivity contribution >= 4 is 67.1 Å². The summed E-state index contributed by atoms with van der Waals surface area (Å²) in [6.07, 6.45) is 4.16. The SMILES string of the molecule is CCC(OC(=O)C1CCC(C(=O)OC)CC1)c1ccc(C(C)OC(=O)C2CCC(C(=O)OC)CC2)c2nc(-c3cc4sccc4o3)sc12. The maximum absolute atomic E-state index is 13.4. The molecule has 0 aliphatic heterocycles. The van der Waals surface area contributed by atoms with Crippen molar-refractivity contribution < 1.29 is 42.5 Å². The Balaban J connectivity index is 1.25. The largest absolute Gasteiger partial charge is 0.469 e. The molecule has 2 saturated carbocycles. The highest BCUT2D eigenvalue weighted by atomic mass is 32.1. The van der Waals surface area contributed by atoms with Crippen LogP contribution in [-0.2, 0) is 38.1 Å². The molecule has 2 aliphatic rings. The van der Waals surface area contributed by atoms with Gasteiger partial charge < -0.3 is 23.4 Å². The number of esters is 4. The number of hydrogen-bond acceptors (Lipinski definition) is 12. The van der Waals surface area contributed by atoms with Crippen LogP contribution in [0.4, 0.5) is 0 Å². The van der Waals surface area contributed by atoms with Crippen LogP contribution in [0.15, 0.2) is 34.1 Å². The average molecular weight is 696 g/mol. The van der Waals surface area contributed by atoms with Crippen molar-refractivity contribution in [1.29, 1.82) is 0 Å². The van der Waals surface area contributed by atoms with Gasteiger partial charge >= 0.3 is 23.9 Å².